The summed E-state index contributed by atoms with van der Waals surface area (Å²) in [6, 6.07) is 8.57. The number of fused-ring (bicyclic) bond motifs is 2. The van der Waals surface area contributed by atoms with Crippen LogP contribution in [0.5, 0.6) is 5.75 Å². The van der Waals surface area contributed by atoms with Crippen LogP contribution in [-0.4, -0.2) is 101 Å². The van der Waals surface area contributed by atoms with Crippen LogP contribution in [-0.2, 0) is 27.3 Å². The van der Waals surface area contributed by atoms with Crippen molar-refractivity contribution in [3.8, 4) is 16.9 Å². The minimum Gasteiger partial charge on any atom is -0.510 e. The van der Waals surface area contributed by atoms with E-state index < -0.39 is 59.0 Å². The van der Waals surface area contributed by atoms with E-state index >= 15 is 0 Å². The maximum Gasteiger partial charge on any atom is 0.255 e. The molecule has 1 amide bonds. The van der Waals surface area contributed by atoms with Crippen LogP contribution in [0.3, 0.4) is 0 Å². The number of phenols is 1. The van der Waals surface area contributed by atoms with Gasteiger partial charge in [0, 0.05) is 37.5 Å². The van der Waals surface area contributed by atoms with Crippen LogP contribution >= 0.6 is 0 Å². The maximum absolute atomic E-state index is 13.7. The molecule has 1 fully saturated rings. The van der Waals surface area contributed by atoms with Gasteiger partial charge in [-0.25, -0.2) is 0 Å². The molecule has 2 aromatic carbocycles. The van der Waals surface area contributed by atoms with E-state index in [1.807, 2.05) is 49.3 Å². The van der Waals surface area contributed by atoms with Crippen LogP contribution in [0.15, 0.2) is 47.2 Å². The number of nitrogens with two attached hydrogens (primary N) is 1. The molecule has 2 aliphatic carbocycles. The molecule has 0 radical (unpaired) electrons. The van der Waals surface area contributed by atoms with Gasteiger partial charge in [-0.1, -0.05) is 24.3 Å². The predicted octanol–water partition coefficient (Wildman–Crippen LogP) is 2.68. The number of likely N-dealkylation sites (tertiary alicyclic amines) is 1. The van der Waals surface area contributed by atoms with Crippen LogP contribution in [0.1, 0.15) is 42.4 Å². The van der Waals surface area contributed by atoms with Gasteiger partial charge in [-0.2, -0.15) is 0 Å². The first kappa shape index (κ1) is 32.2. The molecule has 0 aromatic heterocycles. The number of hydrogen-bond donors (Lipinski definition) is 5. The van der Waals surface area contributed by atoms with Crippen molar-refractivity contribution < 1.29 is 34.8 Å². The lowest BCUT2D eigenvalue weighted by molar-refractivity contribution is -0.125. The Morgan fingerprint density at radius 1 is 1.00 bits per heavy atom. The first-order chi connectivity index (χ1) is 21.3. The monoisotopic (exact) mass is 618 g/mol. The largest absolute Gasteiger partial charge is 0.510 e. The average molecular weight is 619 g/mol. The van der Waals surface area contributed by atoms with Gasteiger partial charge in [0.25, 0.3) is 5.91 Å². The summed E-state index contributed by atoms with van der Waals surface area (Å²) >= 11 is 0. The van der Waals surface area contributed by atoms with E-state index in [-0.39, 0.29) is 29.7 Å². The molecule has 0 spiro atoms. The Kier molecular flexibility index (Phi) is 9.06. The fourth-order valence-corrected chi connectivity index (χ4v) is 7.08. The number of benzene rings is 2. The van der Waals surface area contributed by atoms with Crippen molar-refractivity contribution >= 4 is 28.9 Å². The second kappa shape index (κ2) is 12.7. The van der Waals surface area contributed by atoms with E-state index in [4.69, 9.17) is 5.73 Å². The summed E-state index contributed by atoms with van der Waals surface area (Å²) in [6.07, 6.45) is 0.290. The molecule has 45 heavy (non-hydrogen) atoms. The van der Waals surface area contributed by atoms with Gasteiger partial charge < -0.3 is 31.1 Å². The van der Waals surface area contributed by atoms with Gasteiger partial charge in [0.1, 0.15) is 22.8 Å². The summed E-state index contributed by atoms with van der Waals surface area (Å²) in [5.41, 5.74) is 8.29. The highest BCUT2D eigenvalue weighted by molar-refractivity contribution is 6.25. The summed E-state index contributed by atoms with van der Waals surface area (Å²) < 4.78 is 0. The maximum atomic E-state index is 13.7. The number of nitrogens with zero attached hydrogens (tertiary/aromatic N) is 3. The van der Waals surface area contributed by atoms with E-state index in [0.717, 1.165) is 30.8 Å². The van der Waals surface area contributed by atoms with Crippen molar-refractivity contribution in [3.05, 3.63) is 63.9 Å². The van der Waals surface area contributed by atoms with Gasteiger partial charge in [0.2, 0.25) is 0 Å². The Morgan fingerprint density at radius 3 is 2.22 bits per heavy atom. The smallest absolute Gasteiger partial charge is 0.255 e. The molecular weight excluding hydrogens is 576 g/mol. The molecule has 11 nitrogen and oxygen atoms in total. The van der Waals surface area contributed by atoms with Gasteiger partial charge in [-0.05, 0) is 81.5 Å². The van der Waals surface area contributed by atoms with Gasteiger partial charge in [-0.15, -0.1) is 0 Å². The number of Topliss-reactive ketones (excluding diaryl/α,β-unsaturated/α-hetero) is 2. The van der Waals surface area contributed by atoms with Crippen LogP contribution in [0.2, 0.25) is 0 Å². The first-order valence-corrected chi connectivity index (χ1v) is 15.2. The number of aromatic hydroxyl groups is 1. The van der Waals surface area contributed by atoms with Gasteiger partial charge in [0.15, 0.2) is 11.6 Å². The van der Waals surface area contributed by atoms with E-state index in [0.29, 0.717) is 16.8 Å². The number of aliphatic hydroxyl groups excluding tert-OH is 3. The average Bonchev–Trinajstić information content (AvgIpc) is 3.45. The number of allylic oxidation sites excluding steroid dienone is 1. The molecular formula is C34H42N4O7. The summed E-state index contributed by atoms with van der Waals surface area (Å²) in [5.74, 6) is -5.16. The number of carbonyl (C=O) groups excluding carboxylic acids is 3. The van der Waals surface area contributed by atoms with E-state index in [1.54, 1.807) is 14.1 Å². The molecule has 0 unspecified atom stereocenters. The number of primary amides is 1. The minimum atomic E-state index is -1.35. The number of aliphatic hydroxyl groups is 3. The second-order valence-electron chi connectivity index (χ2n) is 12.7. The van der Waals surface area contributed by atoms with Crippen LogP contribution in [0, 0.1) is 5.92 Å². The normalized spacial score (nSPS) is 24.5. The van der Waals surface area contributed by atoms with Crippen molar-refractivity contribution in [1.82, 2.24) is 9.80 Å². The molecule has 1 saturated heterocycles. The molecule has 2 aromatic rings. The molecule has 3 aliphatic rings. The van der Waals surface area contributed by atoms with Gasteiger partial charge >= 0.3 is 0 Å². The topological polar surface area (TPSA) is 168 Å². The lowest BCUT2D eigenvalue weighted by atomic mass is 9.73. The second-order valence-corrected chi connectivity index (χ2v) is 12.7. The van der Waals surface area contributed by atoms with Crippen molar-refractivity contribution in [2.24, 2.45) is 11.7 Å². The lowest BCUT2D eigenvalue weighted by Gasteiger charge is -2.36. The molecule has 0 bridgehead atoms. The number of anilines is 1. The number of carbonyl (C=O) groups is 3. The lowest BCUT2D eigenvalue weighted by Crippen LogP contribution is -2.45. The van der Waals surface area contributed by atoms with Crippen LogP contribution in [0.4, 0.5) is 5.69 Å². The molecule has 11 heteroatoms. The van der Waals surface area contributed by atoms with E-state index in [9.17, 15) is 34.8 Å². The third-order valence-electron chi connectivity index (χ3n) is 9.22. The highest BCUT2D eigenvalue weighted by Crippen LogP contribution is 2.49. The van der Waals surface area contributed by atoms with Gasteiger partial charge in [-0.3, -0.25) is 24.2 Å². The predicted molar refractivity (Wildman–Crippen MR) is 171 cm³/mol. The van der Waals surface area contributed by atoms with Gasteiger partial charge in [0.05, 0.1) is 24.1 Å². The highest BCUT2D eigenvalue weighted by atomic mass is 16.3. The number of likely N-dealkylation sites (N-methyl/N-ethyl adjacent to an activating group) is 1. The Hall–Kier alpha value is -4.19. The quantitative estimate of drug-likeness (QED) is 0.240. The van der Waals surface area contributed by atoms with E-state index in [1.165, 1.54) is 17.7 Å². The van der Waals surface area contributed by atoms with Crippen molar-refractivity contribution in [3.63, 3.8) is 0 Å². The Bertz CT molecular complexity index is 1590. The molecule has 3 atom stereocenters. The Balaban J connectivity index is 1.63. The zero-order chi connectivity index (χ0) is 32.7. The minimum absolute atomic E-state index is 0.0913. The SMILES string of the molecule is CN(C)c1cc(-c2ccc(CN3CCCC3)cc2)c(O)c2c1C[C@H]1C[C@H](O)[C@@H](N(C)C)/C(O)=C(/C(N)=O)C(=O)CC(=O)C1=C2O. The summed E-state index contributed by atoms with van der Waals surface area (Å²) in [4.78, 5) is 44.8. The molecule has 6 N–H and O–H groups in total. The van der Waals surface area contributed by atoms with Crippen molar-refractivity contribution in [1.29, 1.82) is 0 Å². The van der Waals surface area contributed by atoms with Crippen molar-refractivity contribution in [2.75, 3.05) is 46.2 Å². The van der Waals surface area contributed by atoms with E-state index in [2.05, 4.69) is 4.90 Å². The molecule has 5 rings (SSSR count). The van der Waals surface area contributed by atoms with Crippen LogP contribution in [0.25, 0.3) is 16.9 Å². The summed E-state index contributed by atoms with van der Waals surface area (Å²) in [7, 11) is 6.82. The number of phenolic OH excluding ortho intramolecular Hbond substituents is 1. The Labute approximate surface area is 262 Å². The molecule has 1 heterocycles. The van der Waals surface area contributed by atoms with Crippen molar-refractivity contribution in [2.45, 2.75) is 50.8 Å². The third kappa shape index (κ3) is 6.07. The zero-order valence-corrected chi connectivity index (χ0v) is 26.2. The number of ketones is 2. The fraction of sp³-hybridized carbons (Fsp3) is 0.441. The summed E-state index contributed by atoms with van der Waals surface area (Å²) in [6.45, 7) is 3.00. The zero-order valence-electron chi connectivity index (χ0n) is 26.2. The molecule has 0 saturated carbocycles. The first-order valence-electron chi connectivity index (χ1n) is 15.2. The number of rotatable bonds is 6. The fourth-order valence-electron chi connectivity index (χ4n) is 7.08. The molecule has 240 valence electrons. The highest BCUT2D eigenvalue weighted by Gasteiger charge is 2.42. The Morgan fingerprint density at radius 2 is 1.64 bits per heavy atom. The van der Waals surface area contributed by atoms with Crippen LogP contribution < -0.4 is 10.6 Å². The third-order valence-corrected chi connectivity index (χ3v) is 9.22. The molecule has 1 aliphatic heterocycles. The summed E-state index contributed by atoms with van der Waals surface area (Å²) in [5, 5.41) is 45.7. The number of amides is 1. The standard InChI is InChI=1S/C34H42N4O7/c1-36(2)23-15-21(19-9-7-18(8-10-19)17-38-11-5-6-12-38)31(42)28-22(23)13-20-14-26(41)30(37(3)4)33(44)29(34(35)45)25(40)16-24(39)27(20)32(28)43/h7-10,15,20,26,30,41-44H,5-6,11-14,16-17H2,1-4H3,(H2,35,45)/b33-29-/t20-,26-,30+/m0/s1. The number of hydrogen-bond acceptors (Lipinski definition) is 10.